The first-order chi connectivity index (χ1) is 19.4. The van der Waals surface area contributed by atoms with Gasteiger partial charge in [-0.1, -0.05) is 143 Å². The summed E-state index contributed by atoms with van der Waals surface area (Å²) in [4.78, 5) is 0. The topological polar surface area (TPSA) is 40.5 Å². The summed E-state index contributed by atoms with van der Waals surface area (Å²) in [6.45, 7) is 9.11. The molecule has 2 aromatic carbocycles. The van der Waals surface area contributed by atoms with Crippen molar-refractivity contribution in [1.29, 1.82) is 0 Å². The van der Waals surface area contributed by atoms with Crippen LogP contribution in [0.5, 0.6) is 0 Å². The first-order valence-corrected chi connectivity index (χ1v) is 17.4. The second-order valence-corrected chi connectivity index (χ2v) is 14.2. The van der Waals surface area contributed by atoms with Crippen molar-refractivity contribution in [3.8, 4) is 0 Å². The zero-order valence-electron chi connectivity index (χ0n) is 25.2. The highest BCUT2D eigenvalue weighted by Crippen LogP contribution is 2.41. The van der Waals surface area contributed by atoms with Crippen LogP contribution in [0.4, 0.5) is 0 Å². The molecule has 2 aliphatic rings. The van der Waals surface area contributed by atoms with Crippen molar-refractivity contribution in [1.82, 2.24) is 0 Å². The molecule has 0 heterocycles. The van der Waals surface area contributed by atoms with Crippen LogP contribution in [0.3, 0.4) is 0 Å². The maximum Gasteiger partial charge on any atom is 0.0712 e. The van der Waals surface area contributed by atoms with Gasteiger partial charge in [-0.05, 0) is 67.4 Å². The molecule has 5 heteroatoms. The Bertz CT molecular complexity index is 913. The molecule has 2 aromatic rings. The molecule has 0 bridgehead atoms. The lowest BCUT2D eigenvalue weighted by atomic mass is 9.91. The van der Waals surface area contributed by atoms with Crippen molar-refractivity contribution in [2.45, 2.75) is 53.4 Å². The van der Waals surface area contributed by atoms with E-state index < -0.39 is 7.92 Å². The second-order valence-electron chi connectivity index (χ2n) is 10.7. The maximum atomic E-state index is 9.74. The van der Waals surface area contributed by atoms with Gasteiger partial charge in [0.15, 0.2) is 0 Å². The Kier molecular flexibility index (Phi) is 19.9. The third-order valence-corrected chi connectivity index (χ3v) is 11.5. The Morgan fingerprint density at radius 2 is 1.10 bits per heavy atom. The van der Waals surface area contributed by atoms with Crippen LogP contribution in [0.1, 0.15) is 53.4 Å². The van der Waals surface area contributed by atoms with E-state index in [1.54, 1.807) is 0 Å². The molecule has 1 unspecified atom stereocenters. The molecule has 0 saturated carbocycles. The van der Waals surface area contributed by atoms with Gasteiger partial charge in [0.2, 0.25) is 0 Å². The van der Waals surface area contributed by atoms with Crippen LogP contribution in [0.15, 0.2) is 109 Å². The molecular weight excluding hydrogens is 525 g/mol. The third kappa shape index (κ3) is 15.3. The molecule has 4 rings (SSSR count). The van der Waals surface area contributed by atoms with E-state index in [-0.39, 0.29) is 24.0 Å². The summed E-state index contributed by atoms with van der Waals surface area (Å²) in [5.74, 6) is 0. The predicted octanol–water partition coefficient (Wildman–Crippen LogP) is 7.73. The molecule has 0 spiro atoms. The van der Waals surface area contributed by atoms with E-state index in [4.69, 9.17) is 13.0 Å². The quantitative estimate of drug-likeness (QED) is 0.212. The van der Waals surface area contributed by atoms with Gasteiger partial charge in [0, 0.05) is 13.2 Å². The molecule has 216 valence electrons. The fraction of sp³-hybridized carbons (Fsp3) is 0.429. The molecule has 0 saturated heterocycles. The highest BCUT2D eigenvalue weighted by atomic mass is 31.1. The van der Waals surface area contributed by atoms with Crippen molar-refractivity contribution in [2.75, 3.05) is 31.6 Å². The van der Waals surface area contributed by atoms with Gasteiger partial charge >= 0.3 is 0 Å². The summed E-state index contributed by atoms with van der Waals surface area (Å²) in [6, 6.07) is 22.2. The van der Waals surface area contributed by atoms with Crippen molar-refractivity contribution in [3.63, 3.8) is 0 Å². The van der Waals surface area contributed by atoms with Gasteiger partial charge in [-0.2, -0.15) is 0 Å². The van der Waals surface area contributed by atoms with Gasteiger partial charge in [0.25, 0.3) is 0 Å². The number of rotatable bonds is 11. The number of hydrogen-bond donors (Lipinski definition) is 2. The monoisotopic (exact) mass is 576 g/mol. The lowest BCUT2D eigenvalue weighted by Gasteiger charge is -2.31. The fourth-order valence-corrected chi connectivity index (χ4v) is 7.58. The fourth-order valence-electron chi connectivity index (χ4n) is 3.66. The Morgan fingerprint density at radius 1 is 0.700 bits per heavy atom. The summed E-state index contributed by atoms with van der Waals surface area (Å²) in [7, 11) is 5.76. The van der Waals surface area contributed by atoms with E-state index in [9.17, 15) is 5.11 Å². The minimum absolute atomic E-state index is 0.00259. The number of allylic oxidation sites excluding steroid dienone is 8. The van der Waals surface area contributed by atoms with E-state index >= 15 is 0 Å². The van der Waals surface area contributed by atoms with Crippen LogP contribution in [-0.4, -0.2) is 49.7 Å². The Hall–Kier alpha value is -1.76. The highest BCUT2D eigenvalue weighted by molar-refractivity contribution is 7.73. The van der Waals surface area contributed by atoms with Crippen LogP contribution in [0.25, 0.3) is 0 Å². The average Bonchev–Trinajstić information content (AvgIpc) is 3.80. The summed E-state index contributed by atoms with van der Waals surface area (Å²) in [5, 5.41) is 21.5. The molecule has 2 nitrogen and oxygen atoms in total. The number of benzene rings is 2. The highest BCUT2D eigenvalue weighted by Gasteiger charge is 2.27. The smallest absolute Gasteiger partial charge is 0.0712 e. The zero-order chi connectivity index (χ0) is 29.5. The Balaban J connectivity index is 0.000000327. The molecule has 0 fully saturated rings. The van der Waals surface area contributed by atoms with Crippen LogP contribution < -0.4 is 10.6 Å². The minimum atomic E-state index is -0.411. The van der Waals surface area contributed by atoms with Crippen LogP contribution in [0.2, 0.25) is 0 Å². The zero-order valence-corrected chi connectivity index (χ0v) is 27.1. The van der Waals surface area contributed by atoms with Crippen LogP contribution in [-0.2, 0) is 0 Å². The Morgan fingerprint density at radius 3 is 1.38 bits per heavy atom. The minimum Gasteiger partial charge on any atom is -0.396 e. The Labute approximate surface area is 249 Å². The van der Waals surface area contributed by atoms with Gasteiger partial charge in [-0.15, -0.1) is 8.58 Å². The number of hydrogen-bond acceptors (Lipinski definition) is 2. The van der Waals surface area contributed by atoms with E-state index in [0.29, 0.717) is 0 Å². The average molecular weight is 577 g/mol. The number of aliphatic hydroxyl groups is 2. The largest absolute Gasteiger partial charge is 0.396 e. The second kappa shape index (κ2) is 21.9. The van der Waals surface area contributed by atoms with Crippen LogP contribution >= 0.6 is 16.5 Å². The van der Waals surface area contributed by atoms with Gasteiger partial charge in [0.1, 0.15) is 0 Å². The summed E-state index contributed by atoms with van der Waals surface area (Å²) in [5.41, 5.74) is 0.120. The van der Waals surface area contributed by atoms with Crippen molar-refractivity contribution in [2.24, 2.45) is 10.8 Å². The molecule has 0 aliphatic heterocycles. The molecule has 2 N–H and O–H groups in total. The van der Waals surface area contributed by atoms with E-state index in [1.165, 1.54) is 10.6 Å². The lowest BCUT2D eigenvalue weighted by molar-refractivity contribution is 0.159. The molecule has 0 aromatic heterocycles. The summed E-state index contributed by atoms with van der Waals surface area (Å²) in [6.07, 6.45) is 23.1. The summed E-state index contributed by atoms with van der Waals surface area (Å²) < 4.78 is 0. The van der Waals surface area contributed by atoms with Crippen molar-refractivity contribution >= 4 is 35.0 Å². The third-order valence-electron chi connectivity index (χ3n) is 7.15. The van der Waals surface area contributed by atoms with E-state index in [1.807, 2.05) is 0 Å². The van der Waals surface area contributed by atoms with Gasteiger partial charge in [-0.3, -0.25) is 0 Å². The van der Waals surface area contributed by atoms with Crippen molar-refractivity contribution in [3.05, 3.63) is 109 Å². The number of aliphatic hydroxyl groups excluding tert-OH is 2. The van der Waals surface area contributed by atoms with Crippen LogP contribution in [0, 0.1) is 10.8 Å². The normalized spacial score (nSPS) is 16.0. The molecule has 3 atom stereocenters. The maximum absolute atomic E-state index is 9.74. The van der Waals surface area contributed by atoms with E-state index in [0.717, 1.165) is 52.6 Å². The van der Waals surface area contributed by atoms with Gasteiger partial charge in [0.05, 0.1) is 7.85 Å². The van der Waals surface area contributed by atoms with E-state index in [2.05, 4.69) is 137 Å². The first kappa shape index (κ1) is 36.3. The molecule has 2 radical (unpaired) electrons. The molecular formula is C35H51BO2P2. The lowest BCUT2D eigenvalue weighted by Crippen LogP contribution is -2.29. The molecule has 2 aliphatic carbocycles. The SMILES string of the molecule is C1=CCC=C1.C1=CCC=C1.CC[C@](C)(CO)CP(c1ccccc1)c1ccccc1.[B]CPC[C@](C)(CC)CO. The van der Waals surface area contributed by atoms with Gasteiger partial charge in [-0.25, -0.2) is 0 Å². The first-order valence-electron chi connectivity index (χ1n) is 14.5. The molecule has 40 heavy (non-hydrogen) atoms. The van der Waals surface area contributed by atoms with Crippen molar-refractivity contribution < 1.29 is 10.2 Å². The standard InChI is InChI=1S/C18H23OP.C7H16BOP.2C5H6/c1-3-18(2,14-19)15-20(16-10-6-4-7-11-16)17-12-8-5-9-13-17;1-3-7(2,4-9)5-10-6-8;2*1-2-4-5-3-1/h4-13,19H,3,14-15H2,1-2H3;9-10H,3-6H2,1-2H3;2*1-4H,5H2/t18-;7-;;/m11../s1. The van der Waals surface area contributed by atoms with Gasteiger partial charge < -0.3 is 10.2 Å². The summed E-state index contributed by atoms with van der Waals surface area (Å²) >= 11 is 0. The molecule has 0 amide bonds. The predicted molar refractivity (Wildman–Crippen MR) is 185 cm³/mol.